The zero-order valence-corrected chi connectivity index (χ0v) is 13.3. The van der Waals surface area contributed by atoms with Crippen LogP contribution in [0.15, 0.2) is 24.3 Å². The van der Waals surface area contributed by atoms with Crippen LogP contribution in [0.4, 0.5) is 4.39 Å². The first-order valence-corrected chi connectivity index (χ1v) is 7.69. The summed E-state index contributed by atoms with van der Waals surface area (Å²) in [5, 5.41) is 0. The third-order valence-electron chi connectivity index (χ3n) is 4.50. The van der Waals surface area contributed by atoms with Gasteiger partial charge in [0.25, 0.3) is 0 Å². The zero-order valence-electron chi connectivity index (χ0n) is 13.3. The molecule has 20 heavy (non-hydrogen) atoms. The van der Waals surface area contributed by atoms with Crippen LogP contribution in [0.5, 0.6) is 0 Å². The minimum Gasteiger partial charge on any atom is -0.329 e. The van der Waals surface area contributed by atoms with Crippen molar-refractivity contribution < 1.29 is 4.39 Å². The van der Waals surface area contributed by atoms with Gasteiger partial charge in [-0.05, 0) is 32.9 Å². The molecule has 1 aromatic rings. The van der Waals surface area contributed by atoms with Gasteiger partial charge in [-0.3, -0.25) is 4.90 Å². The number of nitrogens with two attached hydrogens (primary N) is 1. The van der Waals surface area contributed by atoms with Crippen molar-refractivity contribution in [2.45, 2.75) is 58.0 Å². The third kappa shape index (κ3) is 3.58. The molecule has 0 aliphatic rings. The standard InChI is InChI=1S/C17H29FN2/c1-5-11-17(13-19,12-6-2)20(4)14(3)15-9-7-8-10-16(15)18/h7-10,14H,5-6,11-13,19H2,1-4H3. The highest BCUT2D eigenvalue weighted by atomic mass is 19.1. The Bertz CT molecular complexity index is 400. The number of rotatable bonds is 8. The Morgan fingerprint density at radius 3 is 2.20 bits per heavy atom. The summed E-state index contributed by atoms with van der Waals surface area (Å²) in [5.41, 5.74) is 6.81. The van der Waals surface area contributed by atoms with Crippen LogP contribution < -0.4 is 5.73 Å². The first-order valence-electron chi connectivity index (χ1n) is 7.69. The second-order valence-corrected chi connectivity index (χ2v) is 5.74. The van der Waals surface area contributed by atoms with Crippen molar-refractivity contribution in [1.82, 2.24) is 4.90 Å². The SMILES string of the molecule is CCCC(CN)(CCC)N(C)C(C)c1ccccc1F. The molecule has 1 aromatic carbocycles. The lowest BCUT2D eigenvalue weighted by Crippen LogP contribution is -2.52. The fourth-order valence-electron chi connectivity index (χ4n) is 3.19. The number of hydrogen-bond donors (Lipinski definition) is 1. The molecule has 0 bridgehead atoms. The Morgan fingerprint density at radius 1 is 1.20 bits per heavy atom. The number of benzene rings is 1. The highest BCUT2D eigenvalue weighted by molar-refractivity contribution is 5.21. The van der Waals surface area contributed by atoms with E-state index in [1.54, 1.807) is 6.07 Å². The Labute approximate surface area is 123 Å². The lowest BCUT2D eigenvalue weighted by molar-refractivity contribution is 0.0642. The summed E-state index contributed by atoms with van der Waals surface area (Å²) >= 11 is 0. The Morgan fingerprint density at radius 2 is 1.75 bits per heavy atom. The van der Waals surface area contributed by atoms with Gasteiger partial charge in [0.05, 0.1) is 0 Å². The van der Waals surface area contributed by atoms with Crippen molar-refractivity contribution in [1.29, 1.82) is 0 Å². The van der Waals surface area contributed by atoms with Gasteiger partial charge >= 0.3 is 0 Å². The molecule has 0 aliphatic heterocycles. The molecule has 114 valence electrons. The molecule has 1 rings (SSSR count). The fraction of sp³-hybridized carbons (Fsp3) is 0.647. The van der Waals surface area contributed by atoms with E-state index in [1.807, 2.05) is 12.1 Å². The van der Waals surface area contributed by atoms with Crippen molar-refractivity contribution >= 4 is 0 Å². The molecule has 2 nitrogen and oxygen atoms in total. The molecule has 0 saturated carbocycles. The first kappa shape index (κ1) is 17.1. The highest BCUT2D eigenvalue weighted by Gasteiger charge is 2.35. The van der Waals surface area contributed by atoms with Gasteiger partial charge in [0.1, 0.15) is 5.82 Å². The van der Waals surface area contributed by atoms with Crippen LogP contribution >= 0.6 is 0 Å². The van der Waals surface area contributed by atoms with Crippen LogP contribution in [0.25, 0.3) is 0 Å². The number of halogens is 1. The molecule has 0 aromatic heterocycles. The van der Waals surface area contributed by atoms with Gasteiger partial charge in [-0.1, -0.05) is 44.9 Å². The second kappa shape index (κ2) is 7.75. The van der Waals surface area contributed by atoms with E-state index in [0.29, 0.717) is 6.54 Å². The summed E-state index contributed by atoms with van der Waals surface area (Å²) in [6.07, 6.45) is 4.27. The van der Waals surface area contributed by atoms with Gasteiger partial charge in [-0.25, -0.2) is 4.39 Å². The van der Waals surface area contributed by atoms with Crippen LogP contribution in [0.2, 0.25) is 0 Å². The van der Waals surface area contributed by atoms with Crippen molar-refractivity contribution in [3.63, 3.8) is 0 Å². The van der Waals surface area contributed by atoms with E-state index in [2.05, 4.69) is 32.7 Å². The molecular formula is C17H29FN2. The predicted octanol–water partition coefficient (Wildman–Crippen LogP) is 4.12. The number of nitrogens with zero attached hydrogens (tertiary/aromatic N) is 1. The average Bonchev–Trinajstić information content (AvgIpc) is 2.46. The quantitative estimate of drug-likeness (QED) is 0.776. The molecule has 3 heteroatoms. The van der Waals surface area contributed by atoms with Crippen LogP contribution in [0, 0.1) is 5.82 Å². The molecule has 0 heterocycles. The normalized spacial score (nSPS) is 13.8. The third-order valence-corrected chi connectivity index (χ3v) is 4.50. The minimum atomic E-state index is -0.134. The molecule has 1 atom stereocenters. The van der Waals surface area contributed by atoms with E-state index in [1.165, 1.54) is 6.07 Å². The van der Waals surface area contributed by atoms with Crippen LogP contribution in [0.1, 0.15) is 58.1 Å². The molecule has 0 fully saturated rings. The van der Waals surface area contributed by atoms with E-state index in [9.17, 15) is 4.39 Å². The fourth-order valence-corrected chi connectivity index (χ4v) is 3.19. The summed E-state index contributed by atoms with van der Waals surface area (Å²) in [4.78, 5) is 2.28. The van der Waals surface area contributed by atoms with Gasteiger partial charge in [-0.15, -0.1) is 0 Å². The predicted molar refractivity (Wildman–Crippen MR) is 84.2 cm³/mol. The molecule has 1 unspecified atom stereocenters. The van der Waals surface area contributed by atoms with Crippen molar-refractivity contribution in [2.24, 2.45) is 5.73 Å². The Kier molecular flexibility index (Phi) is 6.63. The molecular weight excluding hydrogens is 251 g/mol. The molecule has 2 N–H and O–H groups in total. The number of hydrogen-bond acceptors (Lipinski definition) is 2. The summed E-state index contributed by atoms with van der Waals surface area (Å²) in [6.45, 7) is 7.04. The van der Waals surface area contributed by atoms with Gasteiger partial charge in [-0.2, -0.15) is 0 Å². The summed E-state index contributed by atoms with van der Waals surface area (Å²) in [6, 6.07) is 7.06. The van der Waals surface area contributed by atoms with E-state index < -0.39 is 0 Å². The van der Waals surface area contributed by atoms with Crippen molar-refractivity contribution in [2.75, 3.05) is 13.6 Å². The number of likely N-dealkylation sites (N-methyl/N-ethyl adjacent to an activating group) is 1. The van der Waals surface area contributed by atoms with Crippen LogP contribution in [-0.2, 0) is 0 Å². The summed E-state index contributed by atoms with van der Waals surface area (Å²) in [7, 11) is 2.08. The highest BCUT2D eigenvalue weighted by Crippen LogP contribution is 2.33. The summed E-state index contributed by atoms with van der Waals surface area (Å²) in [5.74, 6) is -0.134. The van der Waals surface area contributed by atoms with Crippen molar-refractivity contribution in [3.05, 3.63) is 35.6 Å². The van der Waals surface area contributed by atoms with Gasteiger partial charge in [0.2, 0.25) is 0 Å². The molecule has 0 aliphatic carbocycles. The average molecular weight is 280 g/mol. The smallest absolute Gasteiger partial charge is 0.127 e. The molecule has 0 saturated heterocycles. The van der Waals surface area contributed by atoms with E-state index in [0.717, 1.165) is 31.2 Å². The van der Waals surface area contributed by atoms with E-state index >= 15 is 0 Å². The van der Waals surface area contributed by atoms with Crippen molar-refractivity contribution in [3.8, 4) is 0 Å². The van der Waals surface area contributed by atoms with E-state index in [4.69, 9.17) is 5.73 Å². The van der Waals surface area contributed by atoms with Crippen LogP contribution in [0.3, 0.4) is 0 Å². The molecule has 0 amide bonds. The van der Waals surface area contributed by atoms with Gasteiger partial charge < -0.3 is 5.73 Å². The zero-order chi connectivity index (χ0) is 15.2. The summed E-state index contributed by atoms with van der Waals surface area (Å²) < 4.78 is 14.0. The molecule has 0 radical (unpaired) electrons. The van der Waals surface area contributed by atoms with Gasteiger partial charge in [0.15, 0.2) is 0 Å². The molecule has 0 spiro atoms. The Hall–Kier alpha value is -0.930. The monoisotopic (exact) mass is 280 g/mol. The Balaban J connectivity index is 3.05. The first-order chi connectivity index (χ1) is 9.52. The maximum Gasteiger partial charge on any atom is 0.127 e. The lowest BCUT2D eigenvalue weighted by atomic mass is 9.85. The van der Waals surface area contributed by atoms with Gasteiger partial charge in [0, 0.05) is 23.7 Å². The largest absolute Gasteiger partial charge is 0.329 e. The second-order valence-electron chi connectivity index (χ2n) is 5.74. The minimum absolute atomic E-state index is 0.0258. The van der Waals surface area contributed by atoms with E-state index in [-0.39, 0.29) is 17.4 Å². The lowest BCUT2D eigenvalue weighted by Gasteiger charge is -2.45. The topological polar surface area (TPSA) is 29.3 Å². The van der Waals surface area contributed by atoms with Crippen LogP contribution in [-0.4, -0.2) is 24.0 Å². The maximum absolute atomic E-state index is 14.0. The maximum atomic E-state index is 14.0.